The molecule has 3 heterocycles. The molecule has 1 unspecified atom stereocenters. The van der Waals surface area contributed by atoms with Crippen molar-refractivity contribution >= 4 is 33.7 Å². The summed E-state index contributed by atoms with van der Waals surface area (Å²) in [5, 5.41) is 4.60. The fourth-order valence-electron chi connectivity index (χ4n) is 2.97. The number of nitrogens with zero attached hydrogens (tertiary/aromatic N) is 4. The maximum absolute atomic E-state index is 12.6. The molecule has 0 spiro atoms. The van der Waals surface area contributed by atoms with Gasteiger partial charge in [0.05, 0.1) is 30.1 Å². The predicted octanol–water partition coefficient (Wildman–Crippen LogP) is -0.255. The van der Waals surface area contributed by atoms with E-state index >= 15 is 0 Å². The third kappa shape index (κ3) is 2.64. The highest BCUT2D eigenvalue weighted by Crippen LogP contribution is 2.25. The lowest BCUT2D eigenvalue weighted by Gasteiger charge is -2.09. The second kappa shape index (κ2) is 5.59. The lowest BCUT2D eigenvalue weighted by molar-refractivity contribution is 0.511. The van der Waals surface area contributed by atoms with E-state index in [0.717, 1.165) is 5.46 Å². The predicted molar refractivity (Wildman–Crippen MR) is 91.3 cm³/mol. The first-order valence-electron chi connectivity index (χ1n) is 7.58. The normalized spacial score (nSPS) is 19.6. The van der Waals surface area contributed by atoms with Gasteiger partial charge in [-0.15, -0.1) is 0 Å². The van der Waals surface area contributed by atoms with Gasteiger partial charge in [0.2, 0.25) is 0 Å². The van der Waals surface area contributed by atoms with Crippen molar-refractivity contribution < 1.29 is 8.42 Å². The van der Waals surface area contributed by atoms with Gasteiger partial charge in [-0.05, 0) is 6.42 Å². The Morgan fingerprint density at radius 1 is 1.21 bits per heavy atom. The van der Waals surface area contributed by atoms with Gasteiger partial charge in [0.25, 0.3) is 13.0 Å². The van der Waals surface area contributed by atoms with Crippen molar-refractivity contribution in [2.45, 2.75) is 12.5 Å². The lowest BCUT2D eigenvalue weighted by Crippen LogP contribution is -2.32. The molecule has 1 saturated heterocycles. The summed E-state index contributed by atoms with van der Waals surface area (Å²) in [5.74, 6) is 0.197. The van der Waals surface area contributed by atoms with Crippen molar-refractivity contribution in [3.05, 3.63) is 53.2 Å². The van der Waals surface area contributed by atoms with E-state index < -0.39 is 9.84 Å². The quantitative estimate of drug-likeness (QED) is 0.613. The summed E-state index contributed by atoms with van der Waals surface area (Å²) >= 11 is 0. The number of fused-ring (bicyclic) bond motifs is 1. The zero-order valence-corrected chi connectivity index (χ0v) is 13.6. The Bertz CT molecular complexity index is 1060. The van der Waals surface area contributed by atoms with Crippen LogP contribution in [0.25, 0.3) is 11.0 Å². The van der Waals surface area contributed by atoms with E-state index in [4.69, 9.17) is 0 Å². The summed E-state index contributed by atoms with van der Waals surface area (Å²) in [6.45, 7) is 0. The topological polar surface area (TPSA) is 86.8 Å². The molecule has 1 fully saturated rings. The largest absolute Gasteiger partial charge is 0.344 e. The molecule has 0 aliphatic carbocycles. The molecule has 0 bridgehead atoms. The molecule has 0 saturated carbocycles. The molecule has 2 aromatic heterocycles. The second-order valence-corrected chi connectivity index (χ2v) is 8.11. The van der Waals surface area contributed by atoms with E-state index in [0.29, 0.717) is 17.5 Å². The van der Waals surface area contributed by atoms with Crippen LogP contribution in [0.3, 0.4) is 0 Å². The van der Waals surface area contributed by atoms with Crippen LogP contribution in [0.2, 0.25) is 0 Å². The number of sulfone groups is 1. The van der Waals surface area contributed by atoms with Gasteiger partial charge in [-0.25, -0.2) is 18.1 Å². The van der Waals surface area contributed by atoms with Gasteiger partial charge in [-0.3, -0.25) is 4.79 Å². The number of rotatable bonds is 3. The van der Waals surface area contributed by atoms with Crippen LogP contribution in [0.4, 0.5) is 0 Å². The average molecular weight is 341 g/mol. The smallest absolute Gasteiger partial charge is 0.296 e. The summed E-state index contributed by atoms with van der Waals surface area (Å²) in [6.07, 6.45) is 3.41. The molecule has 1 aliphatic rings. The molecular formula is C15H14BN4O3S. The van der Waals surface area contributed by atoms with Crippen molar-refractivity contribution in [1.82, 2.24) is 19.2 Å². The van der Waals surface area contributed by atoms with Gasteiger partial charge in [0.15, 0.2) is 15.5 Å². The fraction of sp³-hybridized carbons (Fsp3) is 0.267. The van der Waals surface area contributed by atoms with E-state index in [1.807, 2.05) is 30.3 Å². The van der Waals surface area contributed by atoms with Gasteiger partial charge in [-0.1, -0.05) is 35.8 Å². The molecule has 24 heavy (non-hydrogen) atoms. The van der Waals surface area contributed by atoms with Gasteiger partial charge in [0.1, 0.15) is 5.39 Å². The van der Waals surface area contributed by atoms with Crippen molar-refractivity contribution in [1.29, 1.82) is 0 Å². The first-order valence-corrected chi connectivity index (χ1v) is 9.40. The van der Waals surface area contributed by atoms with Crippen molar-refractivity contribution in [2.75, 3.05) is 11.5 Å². The van der Waals surface area contributed by atoms with Crippen LogP contribution in [0, 0.1) is 0 Å². The van der Waals surface area contributed by atoms with Gasteiger partial charge < -0.3 is 4.48 Å². The molecule has 1 aromatic carbocycles. The Hall–Kier alpha value is -2.42. The minimum absolute atomic E-state index is 0.0463. The first-order chi connectivity index (χ1) is 11.5. The molecule has 3 aromatic rings. The number of benzene rings is 1. The highest BCUT2D eigenvalue weighted by molar-refractivity contribution is 7.91. The van der Waals surface area contributed by atoms with Crippen LogP contribution in [0.5, 0.6) is 0 Å². The Kier molecular flexibility index (Phi) is 3.52. The SMILES string of the molecule is O=c1c2cnn(C3CCS(=O)(=O)C3)c2ncn1[B]c1ccccc1. The second-order valence-electron chi connectivity index (χ2n) is 5.88. The van der Waals surface area contributed by atoms with Crippen molar-refractivity contribution in [3.8, 4) is 0 Å². The van der Waals surface area contributed by atoms with E-state index in [1.165, 1.54) is 17.0 Å². The molecule has 0 amide bonds. The summed E-state index contributed by atoms with van der Waals surface area (Å²) in [4.78, 5) is 16.9. The summed E-state index contributed by atoms with van der Waals surface area (Å²) < 4.78 is 26.3. The molecule has 1 radical (unpaired) electrons. The summed E-state index contributed by atoms with van der Waals surface area (Å²) in [7, 11) is -1.33. The zero-order chi connectivity index (χ0) is 16.7. The van der Waals surface area contributed by atoms with Gasteiger partial charge in [-0.2, -0.15) is 5.10 Å². The fourth-order valence-corrected chi connectivity index (χ4v) is 4.66. The van der Waals surface area contributed by atoms with Crippen LogP contribution in [-0.4, -0.2) is 46.6 Å². The summed E-state index contributed by atoms with van der Waals surface area (Å²) in [6, 6.07) is 9.21. The third-order valence-electron chi connectivity index (χ3n) is 4.18. The van der Waals surface area contributed by atoms with E-state index in [9.17, 15) is 13.2 Å². The Labute approximate surface area is 139 Å². The van der Waals surface area contributed by atoms with Gasteiger partial charge in [0, 0.05) is 0 Å². The van der Waals surface area contributed by atoms with Crippen LogP contribution in [0.1, 0.15) is 12.5 Å². The first kappa shape index (κ1) is 15.1. The molecule has 1 atom stereocenters. The third-order valence-corrected chi connectivity index (χ3v) is 5.93. The summed E-state index contributed by atoms with van der Waals surface area (Å²) in [5.41, 5.74) is 1.09. The molecule has 1 aliphatic heterocycles. The molecular weight excluding hydrogens is 327 g/mol. The number of hydrogen-bond acceptors (Lipinski definition) is 5. The van der Waals surface area contributed by atoms with Crippen LogP contribution >= 0.6 is 0 Å². The molecule has 9 heteroatoms. The highest BCUT2D eigenvalue weighted by atomic mass is 32.2. The molecule has 7 nitrogen and oxygen atoms in total. The van der Waals surface area contributed by atoms with E-state index in [-0.39, 0.29) is 23.1 Å². The maximum atomic E-state index is 12.6. The Balaban J connectivity index is 1.72. The minimum Gasteiger partial charge on any atom is -0.344 e. The lowest BCUT2D eigenvalue weighted by atomic mass is 9.82. The van der Waals surface area contributed by atoms with E-state index in [2.05, 4.69) is 10.1 Å². The van der Waals surface area contributed by atoms with Crippen LogP contribution < -0.4 is 11.0 Å². The van der Waals surface area contributed by atoms with Crippen molar-refractivity contribution in [3.63, 3.8) is 0 Å². The van der Waals surface area contributed by atoms with Crippen LogP contribution in [0.15, 0.2) is 47.7 Å². The van der Waals surface area contributed by atoms with E-state index in [1.54, 1.807) is 12.1 Å². The monoisotopic (exact) mass is 341 g/mol. The van der Waals surface area contributed by atoms with Crippen molar-refractivity contribution in [2.24, 2.45) is 0 Å². The number of hydrogen-bond donors (Lipinski definition) is 0. The zero-order valence-electron chi connectivity index (χ0n) is 12.7. The number of aromatic nitrogens is 4. The minimum atomic E-state index is -3.03. The average Bonchev–Trinajstić information content (AvgIpc) is 3.14. The standard InChI is InChI=1S/C15H14BN4O3S/c21-15-13-8-18-20(12-6-7-24(22,23)9-12)14(13)17-10-19(15)16-11-4-2-1-3-5-11/h1-5,8,10,12H,6-7,9H2. The Morgan fingerprint density at radius 3 is 2.71 bits per heavy atom. The molecule has 121 valence electrons. The van der Waals surface area contributed by atoms with Crippen LogP contribution in [-0.2, 0) is 9.84 Å². The van der Waals surface area contributed by atoms with Gasteiger partial charge >= 0.3 is 0 Å². The maximum Gasteiger partial charge on any atom is 0.296 e. The molecule has 4 rings (SSSR count). The Morgan fingerprint density at radius 2 is 2.00 bits per heavy atom. The molecule has 0 N–H and O–H groups in total. The highest BCUT2D eigenvalue weighted by Gasteiger charge is 2.31.